The zero-order chi connectivity index (χ0) is 8.55. The van der Waals surface area contributed by atoms with Crippen molar-refractivity contribution in [1.29, 1.82) is 0 Å². The molecule has 0 fully saturated rings. The average Bonchev–Trinajstić information content (AvgIpc) is 2.04. The molecule has 2 nitrogen and oxygen atoms in total. The summed E-state index contributed by atoms with van der Waals surface area (Å²) < 4.78 is 0. The second-order valence-electron chi connectivity index (χ2n) is 2.84. The minimum atomic E-state index is 0.699. The van der Waals surface area contributed by atoms with Gasteiger partial charge in [-0.15, -0.1) is 0 Å². The van der Waals surface area contributed by atoms with E-state index in [2.05, 4.69) is 4.99 Å². The van der Waals surface area contributed by atoms with Crippen LogP contribution in [0.4, 0.5) is 5.69 Å². The fraction of sp³-hybridized carbons (Fsp3) is 0.222. The molecule has 0 saturated carbocycles. The van der Waals surface area contributed by atoms with Crippen LogP contribution in [0.3, 0.4) is 0 Å². The molecule has 1 aliphatic heterocycles. The number of rotatable bonds is 0. The van der Waals surface area contributed by atoms with Crippen LogP contribution in [0.15, 0.2) is 23.2 Å². The summed E-state index contributed by atoms with van der Waals surface area (Å²) in [6, 6.07) is 5.72. The highest BCUT2D eigenvalue weighted by atomic mass is 35.5. The Morgan fingerprint density at radius 2 is 2.17 bits per heavy atom. The van der Waals surface area contributed by atoms with Crippen molar-refractivity contribution in [3.8, 4) is 0 Å². The molecule has 1 aromatic rings. The monoisotopic (exact) mass is 180 g/mol. The Kier molecular flexibility index (Phi) is 1.77. The lowest BCUT2D eigenvalue weighted by Gasteiger charge is -2.13. The van der Waals surface area contributed by atoms with Gasteiger partial charge in [-0.25, -0.2) is 4.99 Å². The number of hydrogen-bond donors (Lipinski definition) is 1. The Balaban J connectivity index is 2.57. The highest BCUT2D eigenvalue weighted by Crippen LogP contribution is 2.30. The minimum absolute atomic E-state index is 0.699. The van der Waals surface area contributed by atoms with Gasteiger partial charge in [-0.2, -0.15) is 0 Å². The van der Waals surface area contributed by atoms with Crippen LogP contribution in [0.2, 0.25) is 5.02 Å². The predicted molar refractivity (Wildman–Crippen MR) is 51.1 cm³/mol. The molecule has 0 spiro atoms. The molecule has 0 atom stereocenters. The van der Waals surface area contributed by atoms with Crippen LogP contribution in [-0.2, 0) is 6.42 Å². The van der Waals surface area contributed by atoms with Gasteiger partial charge < -0.3 is 5.73 Å². The Hall–Kier alpha value is -1.02. The maximum atomic E-state index is 5.98. The summed E-state index contributed by atoms with van der Waals surface area (Å²) >= 11 is 5.98. The van der Waals surface area contributed by atoms with Gasteiger partial charge in [0, 0.05) is 11.4 Å². The summed E-state index contributed by atoms with van der Waals surface area (Å²) in [6.07, 6.45) is 1.72. The number of amidine groups is 1. The van der Waals surface area contributed by atoms with Crippen molar-refractivity contribution in [2.75, 3.05) is 0 Å². The molecule has 12 heavy (non-hydrogen) atoms. The molecule has 0 amide bonds. The van der Waals surface area contributed by atoms with Crippen LogP contribution in [0.1, 0.15) is 12.0 Å². The molecule has 3 heteroatoms. The standard InChI is InChI=1S/C9H9ClN2/c10-7-2-1-3-8-6(7)4-5-9(11)12-8/h1-3H,4-5H2,(H2,11,12). The quantitative estimate of drug-likeness (QED) is 0.654. The van der Waals surface area contributed by atoms with Crippen molar-refractivity contribution < 1.29 is 0 Å². The summed E-state index contributed by atoms with van der Waals surface area (Å²) in [6.45, 7) is 0. The SMILES string of the molecule is NC1=Nc2cccc(Cl)c2CC1. The molecule has 2 N–H and O–H groups in total. The molecule has 0 saturated heterocycles. The Bertz CT molecular complexity index is 344. The number of benzene rings is 1. The molecule has 0 radical (unpaired) electrons. The fourth-order valence-electron chi connectivity index (χ4n) is 1.36. The highest BCUT2D eigenvalue weighted by Gasteiger charge is 2.11. The number of aliphatic imine (C=N–C) groups is 1. The highest BCUT2D eigenvalue weighted by molar-refractivity contribution is 6.31. The van der Waals surface area contributed by atoms with Crippen molar-refractivity contribution in [2.24, 2.45) is 10.7 Å². The second-order valence-corrected chi connectivity index (χ2v) is 3.25. The predicted octanol–water partition coefficient (Wildman–Crippen LogP) is 2.27. The first-order valence-corrected chi connectivity index (χ1v) is 4.25. The first-order chi connectivity index (χ1) is 5.77. The van der Waals surface area contributed by atoms with Gasteiger partial charge in [-0.05, 0) is 24.1 Å². The largest absolute Gasteiger partial charge is 0.387 e. The van der Waals surface area contributed by atoms with Crippen LogP contribution >= 0.6 is 11.6 Å². The molecule has 0 aliphatic carbocycles. The molecule has 1 aliphatic rings. The van der Waals surface area contributed by atoms with E-state index in [-0.39, 0.29) is 0 Å². The maximum Gasteiger partial charge on any atom is 0.0999 e. The molecule has 0 bridgehead atoms. The third kappa shape index (κ3) is 1.18. The van der Waals surface area contributed by atoms with E-state index in [1.165, 1.54) is 0 Å². The lowest BCUT2D eigenvalue weighted by molar-refractivity contribution is 0.996. The van der Waals surface area contributed by atoms with Crippen LogP contribution in [0.25, 0.3) is 0 Å². The van der Waals surface area contributed by atoms with Crippen LogP contribution in [0.5, 0.6) is 0 Å². The second kappa shape index (κ2) is 2.79. The number of nitrogens with zero attached hydrogens (tertiary/aromatic N) is 1. The Morgan fingerprint density at radius 3 is 3.00 bits per heavy atom. The van der Waals surface area contributed by atoms with Gasteiger partial charge in [0.05, 0.1) is 11.5 Å². The van der Waals surface area contributed by atoms with E-state index in [0.29, 0.717) is 5.84 Å². The van der Waals surface area contributed by atoms with E-state index >= 15 is 0 Å². The van der Waals surface area contributed by atoms with Crippen molar-refractivity contribution in [3.05, 3.63) is 28.8 Å². The van der Waals surface area contributed by atoms with Gasteiger partial charge in [-0.3, -0.25) is 0 Å². The Labute approximate surface area is 76.1 Å². The average molecular weight is 181 g/mol. The van der Waals surface area contributed by atoms with Crippen molar-refractivity contribution in [2.45, 2.75) is 12.8 Å². The summed E-state index contributed by atoms with van der Waals surface area (Å²) in [4.78, 5) is 4.22. The van der Waals surface area contributed by atoms with Gasteiger partial charge >= 0.3 is 0 Å². The van der Waals surface area contributed by atoms with Gasteiger partial charge in [0.25, 0.3) is 0 Å². The number of nitrogens with two attached hydrogens (primary N) is 1. The normalized spacial score (nSPS) is 15.2. The maximum absolute atomic E-state index is 5.98. The number of fused-ring (bicyclic) bond motifs is 1. The number of hydrogen-bond acceptors (Lipinski definition) is 2. The Morgan fingerprint density at radius 1 is 1.33 bits per heavy atom. The van der Waals surface area contributed by atoms with Crippen LogP contribution in [-0.4, -0.2) is 5.84 Å². The smallest absolute Gasteiger partial charge is 0.0999 e. The van der Waals surface area contributed by atoms with Crippen molar-refractivity contribution in [1.82, 2.24) is 0 Å². The third-order valence-corrected chi connectivity index (χ3v) is 2.34. The topological polar surface area (TPSA) is 38.4 Å². The minimum Gasteiger partial charge on any atom is -0.387 e. The first kappa shape index (κ1) is 7.62. The van der Waals surface area contributed by atoms with Gasteiger partial charge in [0.1, 0.15) is 0 Å². The van der Waals surface area contributed by atoms with Crippen LogP contribution < -0.4 is 5.73 Å². The van der Waals surface area contributed by atoms with Gasteiger partial charge in [0.15, 0.2) is 0 Å². The fourth-order valence-corrected chi connectivity index (χ4v) is 1.63. The molecule has 2 rings (SSSR count). The van der Waals surface area contributed by atoms with Gasteiger partial charge in [0.2, 0.25) is 0 Å². The lowest BCUT2D eigenvalue weighted by atomic mass is 10.0. The van der Waals surface area contributed by atoms with E-state index in [1.807, 2.05) is 18.2 Å². The van der Waals surface area contributed by atoms with Gasteiger partial charge in [-0.1, -0.05) is 17.7 Å². The first-order valence-electron chi connectivity index (χ1n) is 3.88. The zero-order valence-electron chi connectivity index (χ0n) is 6.55. The molecule has 0 aromatic heterocycles. The summed E-state index contributed by atoms with van der Waals surface area (Å²) in [7, 11) is 0. The van der Waals surface area contributed by atoms with E-state index in [9.17, 15) is 0 Å². The molecule has 0 unspecified atom stereocenters. The molecule has 1 aromatic carbocycles. The van der Waals surface area contributed by atoms with E-state index < -0.39 is 0 Å². The van der Waals surface area contributed by atoms with Crippen LogP contribution in [0, 0.1) is 0 Å². The summed E-state index contributed by atoms with van der Waals surface area (Å²) in [5.41, 5.74) is 7.65. The lowest BCUT2D eigenvalue weighted by Crippen LogP contribution is -2.15. The summed E-state index contributed by atoms with van der Waals surface area (Å²) in [5, 5.41) is 0.795. The van der Waals surface area contributed by atoms with Crippen molar-refractivity contribution >= 4 is 23.1 Å². The van der Waals surface area contributed by atoms with E-state index in [1.54, 1.807) is 0 Å². The molecule has 62 valence electrons. The zero-order valence-corrected chi connectivity index (χ0v) is 7.30. The molecular weight excluding hydrogens is 172 g/mol. The summed E-state index contributed by atoms with van der Waals surface area (Å²) in [5.74, 6) is 0.699. The third-order valence-electron chi connectivity index (χ3n) is 1.99. The molecule has 1 heterocycles. The number of halogens is 1. The van der Waals surface area contributed by atoms with Crippen molar-refractivity contribution in [3.63, 3.8) is 0 Å². The molecular formula is C9H9ClN2. The van der Waals surface area contributed by atoms with E-state index in [4.69, 9.17) is 17.3 Å². The van der Waals surface area contributed by atoms with E-state index in [0.717, 1.165) is 29.1 Å².